The van der Waals surface area contributed by atoms with Gasteiger partial charge in [0.15, 0.2) is 0 Å². The fourth-order valence-corrected chi connectivity index (χ4v) is 2.06. The van der Waals surface area contributed by atoms with Crippen LogP contribution in [0.5, 0.6) is 0 Å². The second-order valence-corrected chi connectivity index (χ2v) is 4.29. The SMILES string of the molecule is NN1CC[C@@H](O)[C@H](CC2CC2)C1. The van der Waals surface area contributed by atoms with Crippen molar-refractivity contribution in [2.45, 2.75) is 31.8 Å². The maximum Gasteiger partial charge on any atom is 0.0594 e. The molecule has 1 heterocycles. The molecule has 1 saturated carbocycles. The minimum absolute atomic E-state index is 0.0922. The summed E-state index contributed by atoms with van der Waals surface area (Å²) < 4.78 is 0. The van der Waals surface area contributed by atoms with Crippen molar-refractivity contribution in [2.24, 2.45) is 17.7 Å². The first kappa shape index (κ1) is 8.48. The van der Waals surface area contributed by atoms with Gasteiger partial charge in [-0.05, 0) is 24.7 Å². The highest BCUT2D eigenvalue weighted by Crippen LogP contribution is 2.37. The molecule has 1 saturated heterocycles. The van der Waals surface area contributed by atoms with Crippen LogP contribution in [0.1, 0.15) is 25.7 Å². The van der Waals surface area contributed by atoms with Crippen molar-refractivity contribution in [3.8, 4) is 0 Å². The van der Waals surface area contributed by atoms with E-state index in [9.17, 15) is 5.11 Å². The van der Waals surface area contributed by atoms with E-state index in [1.807, 2.05) is 5.01 Å². The van der Waals surface area contributed by atoms with Crippen LogP contribution in [0.15, 0.2) is 0 Å². The Bertz CT molecular complexity index is 157. The topological polar surface area (TPSA) is 49.5 Å². The molecular weight excluding hydrogens is 152 g/mol. The number of aliphatic hydroxyl groups excluding tert-OH is 1. The summed E-state index contributed by atoms with van der Waals surface area (Å²) in [5.41, 5.74) is 0. The molecule has 70 valence electrons. The highest BCUT2D eigenvalue weighted by molar-refractivity contribution is 4.84. The van der Waals surface area contributed by atoms with Crippen molar-refractivity contribution in [3.63, 3.8) is 0 Å². The first-order valence-electron chi connectivity index (χ1n) is 4.93. The summed E-state index contributed by atoms with van der Waals surface area (Å²) >= 11 is 0. The lowest BCUT2D eigenvalue weighted by atomic mass is 9.91. The van der Waals surface area contributed by atoms with Crippen molar-refractivity contribution in [2.75, 3.05) is 13.1 Å². The van der Waals surface area contributed by atoms with E-state index in [4.69, 9.17) is 5.84 Å². The molecule has 0 aromatic rings. The maximum atomic E-state index is 9.68. The molecule has 2 fully saturated rings. The number of nitrogens with two attached hydrogens (primary N) is 1. The summed E-state index contributed by atoms with van der Waals surface area (Å²) in [6.45, 7) is 1.74. The molecule has 0 unspecified atom stereocenters. The second kappa shape index (κ2) is 3.32. The molecule has 1 aliphatic heterocycles. The van der Waals surface area contributed by atoms with E-state index in [0.717, 1.165) is 25.4 Å². The van der Waals surface area contributed by atoms with Crippen LogP contribution in [-0.2, 0) is 0 Å². The zero-order valence-corrected chi connectivity index (χ0v) is 7.45. The number of hydrogen-bond donors (Lipinski definition) is 2. The van der Waals surface area contributed by atoms with Gasteiger partial charge in [-0.3, -0.25) is 5.84 Å². The molecule has 0 amide bonds. The van der Waals surface area contributed by atoms with Crippen molar-refractivity contribution >= 4 is 0 Å². The largest absolute Gasteiger partial charge is 0.393 e. The monoisotopic (exact) mass is 170 g/mol. The van der Waals surface area contributed by atoms with Gasteiger partial charge in [-0.25, -0.2) is 5.01 Å². The summed E-state index contributed by atoms with van der Waals surface area (Å²) in [7, 11) is 0. The lowest BCUT2D eigenvalue weighted by molar-refractivity contribution is 0.0203. The van der Waals surface area contributed by atoms with E-state index < -0.39 is 0 Å². The summed E-state index contributed by atoms with van der Waals surface area (Å²) in [6, 6.07) is 0. The summed E-state index contributed by atoms with van der Waals surface area (Å²) in [4.78, 5) is 0. The first-order chi connectivity index (χ1) is 5.75. The van der Waals surface area contributed by atoms with Crippen molar-refractivity contribution < 1.29 is 5.11 Å². The Hall–Kier alpha value is -0.120. The van der Waals surface area contributed by atoms with Gasteiger partial charge in [0.05, 0.1) is 6.10 Å². The predicted molar refractivity (Wildman–Crippen MR) is 47.2 cm³/mol. The predicted octanol–water partition coefficient (Wildman–Crippen LogP) is 0.343. The smallest absolute Gasteiger partial charge is 0.0594 e. The van der Waals surface area contributed by atoms with Gasteiger partial charge in [0.25, 0.3) is 0 Å². The van der Waals surface area contributed by atoms with Gasteiger partial charge in [-0.1, -0.05) is 12.8 Å². The van der Waals surface area contributed by atoms with Gasteiger partial charge in [0.1, 0.15) is 0 Å². The maximum absolute atomic E-state index is 9.68. The average molecular weight is 170 g/mol. The highest BCUT2D eigenvalue weighted by atomic mass is 16.3. The van der Waals surface area contributed by atoms with Crippen molar-refractivity contribution in [1.29, 1.82) is 0 Å². The molecule has 3 nitrogen and oxygen atoms in total. The summed E-state index contributed by atoms with van der Waals surface area (Å²) in [5, 5.41) is 11.5. The van der Waals surface area contributed by atoms with E-state index in [1.54, 1.807) is 0 Å². The number of aliphatic hydroxyl groups is 1. The third kappa shape index (κ3) is 1.97. The Morgan fingerprint density at radius 3 is 2.75 bits per heavy atom. The molecule has 1 aliphatic carbocycles. The highest BCUT2D eigenvalue weighted by Gasteiger charge is 2.32. The van der Waals surface area contributed by atoms with Crippen LogP contribution in [-0.4, -0.2) is 29.3 Å². The molecule has 0 aromatic carbocycles. The van der Waals surface area contributed by atoms with Crippen LogP contribution >= 0.6 is 0 Å². The van der Waals surface area contributed by atoms with Gasteiger partial charge in [-0.2, -0.15) is 0 Å². The lowest BCUT2D eigenvalue weighted by Gasteiger charge is -2.33. The third-order valence-electron chi connectivity index (χ3n) is 3.06. The Balaban J connectivity index is 1.82. The summed E-state index contributed by atoms with van der Waals surface area (Å²) in [5.74, 6) is 7.05. The molecule has 2 rings (SSSR count). The van der Waals surface area contributed by atoms with Crippen LogP contribution in [0.4, 0.5) is 0 Å². The zero-order chi connectivity index (χ0) is 8.55. The molecule has 0 spiro atoms. The zero-order valence-electron chi connectivity index (χ0n) is 7.45. The van der Waals surface area contributed by atoms with E-state index in [2.05, 4.69) is 0 Å². The van der Waals surface area contributed by atoms with E-state index in [0.29, 0.717) is 5.92 Å². The molecule has 3 heteroatoms. The fraction of sp³-hybridized carbons (Fsp3) is 1.00. The van der Waals surface area contributed by atoms with Gasteiger partial charge in [-0.15, -0.1) is 0 Å². The van der Waals surface area contributed by atoms with Crippen LogP contribution < -0.4 is 5.84 Å². The Morgan fingerprint density at radius 1 is 1.33 bits per heavy atom. The third-order valence-corrected chi connectivity index (χ3v) is 3.06. The molecular formula is C9H18N2O. The van der Waals surface area contributed by atoms with Gasteiger partial charge in [0, 0.05) is 13.1 Å². The van der Waals surface area contributed by atoms with E-state index >= 15 is 0 Å². The number of piperidine rings is 1. The van der Waals surface area contributed by atoms with Gasteiger partial charge >= 0.3 is 0 Å². The molecule has 0 bridgehead atoms. The van der Waals surface area contributed by atoms with Gasteiger partial charge < -0.3 is 5.11 Å². The van der Waals surface area contributed by atoms with E-state index in [1.165, 1.54) is 19.3 Å². The number of hydrogen-bond acceptors (Lipinski definition) is 3. The standard InChI is InChI=1S/C9H18N2O/c10-11-4-3-9(12)8(6-11)5-7-1-2-7/h7-9,12H,1-6,10H2/t8-,9-/m1/s1. The number of rotatable bonds is 2. The minimum Gasteiger partial charge on any atom is -0.393 e. The fourth-order valence-electron chi connectivity index (χ4n) is 2.06. The number of nitrogens with zero attached hydrogens (tertiary/aromatic N) is 1. The van der Waals surface area contributed by atoms with Crippen LogP contribution in [0.25, 0.3) is 0 Å². The van der Waals surface area contributed by atoms with Crippen LogP contribution in [0, 0.1) is 11.8 Å². The lowest BCUT2D eigenvalue weighted by Crippen LogP contribution is -2.46. The average Bonchev–Trinajstić information content (AvgIpc) is 2.81. The molecule has 0 radical (unpaired) electrons. The van der Waals surface area contributed by atoms with E-state index in [-0.39, 0.29) is 6.10 Å². The van der Waals surface area contributed by atoms with Crippen LogP contribution in [0.2, 0.25) is 0 Å². The molecule has 0 aromatic heterocycles. The molecule has 3 N–H and O–H groups in total. The Morgan fingerprint density at radius 2 is 2.08 bits per heavy atom. The van der Waals surface area contributed by atoms with Crippen molar-refractivity contribution in [3.05, 3.63) is 0 Å². The molecule has 12 heavy (non-hydrogen) atoms. The quantitative estimate of drug-likeness (QED) is 0.588. The molecule has 2 atom stereocenters. The second-order valence-electron chi connectivity index (χ2n) is 4.29. The normalized spacial score (nSPS) is 38.5. The summed E-state index contributed by atoms with van der Waals surface area (Å²) in [6.07, 6.45) is 4.69. The molecule has 2 aliphatic rings. The Labute approximate surface area is 73.5 Å². The minimum atomic E-state index is -0.0922. The first-order valence-corrected chi connectivity index (χ1v) is 4.93. The number of hydrazine groups is 1. The van der Waals surface area contributed by atoms with Crippen molar-refractivity contribution in [1.82, 2.24) is 5.01 Å². The van der Waals surface area contributed by atoms with Crippen LogP contribution in [0.3, 0.4) is 0 Å². The van der Waals surface area contributed by atoms with Gasteiger partial charge in [0.2, 0.25) is 0 Å². The Kier molecular flexibility index (Phi) is 2.35.